The van der Waals surface area contributed by atoms with E-state index >= 15 is 0 Å². The Hall–Kier alpha value is -2.14. The fraction of sp³-hybridized carbons (Fsp3) is 0.353. The van der Waals surface area contributed by atoms with Gasteiger partial charge in [0.05, 0.1) is 5.39 Å². The van der Waals surface area contributed by atoms with Gasteiger partial charge in [-0.05, 0) is 31.5 Å². The number of thiophene rings is 1. The van der Waals surface area contributed by atoms with Gasteiger partial charge >= 0.3 is 0 Å². The summed E-state index contributed by atoms with van der Waals surface area (Å²) in [7, 11) is -3.66. The Bertz CT molecular complexity index is 1090. The van der Waals surface area contributed by atoms with Crippen molar-refractivity contribution in [3.05, 3.63) is 35.0 Å². The summed E-state index contributed by atoms with van der Waals surface area (Å²) in [6, 6.07) is 3.79. The summed E-state index contributed by atoms with van der Waals surface area (Å²) in [5.41, 5.74) is 2.02. The van der Waals surface area contributed by atoms with Crippen LogP contribution in [-0.2, 0) is 10.2 Å². The van der Waals surface area contributed by atoms with E-state index in [2.05, 4.69) is 23.7 Å². The van der Waals surface area contributed by atoms with Crippen LogP contribution in [0.25, 0.3) is 21.6 Å². The highest BCUT2D eigenvalue weighted by Crippen LogP contribution is 2.36. The molecule has 0 unspecified atom stereocenters. The van der Waals surface area contributed by atoms with E-state index in [4.69, 9.17) is 15.1 Å². The fourth-order valence-corrected chi connectivity index (χ4v) is 4.93. The van der Waals surface area contributed by atoms with Gasteiger partial charge in [0.2, 0.25) is 0 Å². The molecule has 0 spiro atoms. The third-order valence-electron chi connectivity index (χ3n) is 4.83. The number of aryl methyl sites for hydroxylation is 2. The van der Waals surface area contributed by atoms with Gasteiger partial charge < -0.3 is 4.90 Å². The highest BCUT2D eigenvalue weighted by Gasteiger charge is 2.27. The number of nitrogens with zero attached hydrogens (tertiary/aromatic N) is 5. The lowest BCUT2D eigenvalue weighted by molar-refractivity contribution is 0.385. The predicted octanol–water partition coefficient (Wildman–Crippen LogP) is 1.70. The second kappa shape index (κ2) is 6.79. The van der Waals surface area contributed by atoms with E-state index in [0.717, 1.165) is 27.2 Å². The molecule has 142 valence electrons. The van der Waals surface area contributed by atoms with Crippen LogP contribution in [0, 0.1) is 13.8 Å². The molecule has 0 aliphatic carbocycles. The molecule has 0 amide bonds. The number of nitrogens with two attached hydrogens (primary N) is 1. The molecule has 1 saturated heterocycles. The first-order chi connectivity index (χ1) is 12.8. The number of pyridine rings is 1. The van der Waals surface area contributed by atoms with Gasteiger partial charge in [0.15, 0.2) is 5.82 Å². The van der Waals surface area contributed by atoms with Gasteiger partial charge in [-0.2, -0.15) is 12.7 Å². The third-order valence-corrected chi connectivity index (χ3v) is 7.01. The molecule has 1 aliphatic rings. The number of rotatable bonds is 3. The van der Waals surface area contributed by atoms with Crippen LogP contribution in [0.5, 0.6) is 0 Å². The second-order valence-corrected chi connectivity index (χ2v) is 9.26. The zero-order chi connectivity index (χ0) is 19.2. The number of aromatic nitrogens is 3. The summed E-state index contributed by atoms with van der Waals surface area (Å²) in [4.78, 5) is 18.0. The summed E-state index contributed by atoms with van der Waals surface area (Å²) in [5, 5.41) is 6.30. The van der Waals surface area contributed by atoms with Gasteiger partial charge in [-0.3, -0.25) is 4.98 Å². The second-order valence-electron chi connectivity index (χ2n) is 6.51. The third kappa shape index (κ3) is 3.41. The van der Waals surface area contributed by atoms with Crippen molar-refractivity contribution >= 4 is 37.6 Å². The van der Waals surface area contributed by atoms with E-state index in [1.54, 1.807) is 23.7 Å². The van der Waals surface area contributed by atoms with Crippen LogP contribution in [0.4, 0.5) is 5.82 Å². The Morgan fingerprint density at radius 2 is 1.89 bits per heavy atom. The van der Waals surface area contributed by atoms with E-state index in [1.165, 1.54) is 9.18 Å². The monoisotopic (exact) mass is 404 g/mol. The van der Waals surface area contributed by atoms with Crippen LogP contribution < -0.4 is 10.0 Å². The lowest BCUT2D eigenvalue weighted by Crippen LogP contribution is -2.51. The van der Waals surface area contributed by atoms with Gasteiger partial charge in [0, 0.05) is 49.0 Å². The fourth-order valence-electron chi connectivity index (χ4n) is 3.24. The van der Waals surface area contributed by atoms with E-state index in [9.17, 15) is 8.42 Å². The van der Waals surface area contributed by atoms with Crippen LogP contribution >= 0.6 is 11.3 Å². The van der Waals surface area contributed by atoms with E-state index in [1.807, 2.05) is 12.1 Å². The average Bonchev–Trinajstić information content (AvgIpc) is 2.95. The minimum absolute atomic E-state index is 0.342. The molecular weight excluding hydrogens is 384 g/mol. The smallest absolute Gasteiger partial charge is 0.277 e. The molecule has 1 aliphatic heterocycles. The number of piperazine rings is 1. The number of fused-ring (bicyclic) bond motifs is 1. The van der Waals surface area contributed by atoms with Gasteiger partial charge in [-0.1, -0.05) is 0 Å². The normalized spacial score (nSPS) is 16.2. The summed E-state index contributed by atoms with van der Waals surface area (Å²) in [6.07, 6.45) is 3.46. The van der Waals surface area contributed by atoms with E-state index in [0.29, 0.717) is 32.0 Å². The lowest BCUT2D eigenvalue weighted by atomic mass is 10.2. The van der Waals surface area contributed by atoms with Crippen LogP contribution in [0.3, 0.4) is 0 Å². The maximum absolute atomic E-state index is 11.6. The number of hydrogen-bond donors (Lipinski definition) is 1. The highest BCUT2D eigenvalue weighted by atomic mass is 32.2. The zero-order valence-corrected chi connectivity index (χ0v) is 16.7. The lowest BCUT2D eigenvalue weighted by Gasteiger charge is -2.34. The zero-order valence-electron chi connectivity index (χ0n) is 15.1. The molecule has 3 aromatic rings. The average molecular weight is 405 g/mol. The molecule has 8 nitrogen and oxygen atoms in total. The summed E-state index contributed by atoms with van der Waals surface area (Å²) in [6.45, 7) is 5.90. The maximum atomic E-state index is 11.6. The summed E-state index contributed by atoms with van der Waals surface area (Å²) in [5.74, 6) is 1.47. The molecule has 2 N–H and O–H groups in total. The van der Waals surface area contributed by atoms with Crippen LogP contribution in [0.15, 0.2) is 24.5 Å². The van der Waals surface area contributed by atoms with Gasteiger partial charge in [0.1, 0.15) is 10.6 Å². The minimum Gasteiger partial charge on any atom is -0.353 e. The SMILES string of the molecule is Cc1sc2nc(-c3cccnc3)nc(N3CCN(S(N)(=O)=O)CC3)c2c1C. The molecule has 1 fully saturated rings. The van der Waals surface area contributed by atoms with Crippen LogP contribution in [-0.4, -0.2) is 53.9 Å². The highest BCUT2D eigenvalue weighted by molar-refractivity contribution is 7.86. The number of hydrogen-bond acceptors (Lipinski definition) is 7. The van der Waals surface area contributed by atoms with Crippen molar-refractivity contribution in [2.24, 2.45) is 5.14 Å². The molecule has 4 heterocycles. The molecule has 0 bridgehead atoms. The Morgan fingerprint density at radius 3 is 2.52 bits per heavy atom. The Labute approximate surface area is 161 Å². The molecule has 0 atom stereocenters. The largest absolute Gasteiger partial charge is 0.353 e. The topological polar surface area (TPSA) is 105 Å². The van der Waals surface area contributed by atoms with Gasteiger partial charge in [-0.25, -0.2) is 15.1 Å². The molecule has 10 heteroatoms. The molecule has 0 aromatic carbocycles. The molecule has 3 aromatic heterocycles. The Kier molecular flexibility index (Phi) is 4.58. The first-order valence-corrected chi connectivity index (χ1v) is 10.9. The van der Waals surface area contributed by atoms with Gasteiger partial charge in [-0.15, -0.1) is 11.3 Å². The van der Waals surface area contributed by atoms with Crippen molar-refractivity contribution in [2.45, 2.75) is 13.8 Å². The van der Waals surface area contributed by atoms with Crippen molar-refractivity contribution < 1.29 is 8.42 Å². The number of anilines is 1. The van der Waals surface area contributed by atoms with E-state index < -0.39 is 10.2 Å². The Morgan fingerprint density at radius 1 is 1.15 bits per heavy atom. The molecule has 0 radical (unpaired) electrons. The summed E-state index contributed by atoms with van der Waals surface area (Å²) < 4.78 is 24.5. The first-order valence-electron chi connectivity index (χ1n) is 8.55. The van der Waals surface area contributed by atoms with Crippen LogP contribution in [0.1, 0.15) is 10.4 Å². The molecular formula is C17H20N6O2S2. The van der Waals surface area contributed by atoms with Crippen molar-refractivity contribution in [3.63, 3.8) is 0 Å². The maximum Gasteiger partial charge on any atom is 0.277 e. The molecule has 0 saturated carbocycles. The first kappa shape index (κ1) is 18.2. The molecule has 27 heavy (non-hydrogen) atoms. The predicted molar refractivity (Wildman–Crippen MR) is 107 cm³/mol. The molecule has 4 rings (SSSR count). The van der Waals surface area contributed by atoms with Crippen molar-refractivity contribution in [1.82, 2.24) is 19.3 Å². The Balaban J connectivity index is 1.79. The van der Waals surface area contributed by atoms with E-state index in [-0.39, 0.29) is 0 Å². The van der Waals surface area contributed by atoms with Gasteiger partial charge in [0.25, 0.3) is 10.2 Å². The quantitative estimate of drug-likeness (QED) is 0.712. The standard InChI is InChI=1S/C17H20N6O2S2/c1-11-12(2)26-17-14(11)16(20-15(21-17)13-4-3-5-19-10-13)22-6-8-23(9-7-22)27(18,24)25/h3-5,10H,6-9H2,1-2H3,(H2,18,24,25). The minimum atomic E-state index is -3.66. The summed E-state index contributed by atoms with van der Waals surface area (Å²) >= 11 is 1.65. The van der Waals surface area contributed by atoms with Crippen LogP contribution in [0.2, 0.25) is 0 Å². The van der Waals surface area contributed by atoms with Crippen molar-refractivity contribution in [1.29, 1.82) is 0 Å². The van der Waals surface area contributed by atoms with Crippen molar-refractivity contribution in [3.8, 4) is 11.4 Å². The van der Waals surface area contributed by atoms with Crippen molar-refractivity contribution in [2.75, 3.05) is 31.1 Å².